The number of piperazine rings is 1. The van der Waals surface area contributed by atoms with Crippen molar-refractivity contribution in [2.24, 2.45) is 5.73 Å². The average Bonchev–Trinajstić information content (AvgIpc) is 3.03. The van der Waals surface area contributed by atoms with Crippen molar-refractivity contribution in [2.45, 2.75) is 19.3 Å². The summed E-state index contributed by atoms with van der Waals surface area (Å²) in [4.78, 5) is 16.9. The van der Waals surface area contributed by atoms with Gasteiger partial charge in [0.05, 0.1) is 0 Å². The van der Waals surface area contributed by atoms with Gasteiger partial charge in [-0.2, -0.15) is 0 Å². The zero-order valence-corrected chi connectivity index (χ0v) is 13.5. The fourth-order valence-corrected chi connectivity index (χ4v) is 3.07. The molecule has 0 bridgehead atoms. The number of amides is 1. The van der Waals surface area contributed by atoms with Gasteiger partial charge in [0, 0.05) is 31.6 Å². The molecule has 1 fully saturated rings. The number of fused-ring (bicyclic) bond motifs is 1. The Balaban J connectivity index is 1.52. The molecular weight excluding hydrogens is 290 g/mol. The highest BCUT2D eigenvalue weighted by molar-refractivity contribution is 5.96. The first-order valence-electron chi connectivity index (χ1n) is 8.48. The fourth-order valence-electron chi connectivity index (χ4n) is 3.07. The summed E-state index contributed by atoms with van der Waals surface area (Å²) in [6.45, 7) is 5.30. The van der Waals surface area contributed by atoms with Crippen molar-refractivity contribution < 1.29 is 9.21 Å². The zero-order valence-electron chi connectivity index (χ0n) is 13.5. The summed E-state index contributed by atoms with van der Waals surface area (Å²) in [5.74, 6) is 0.451. The lowest BCUT2D eigenvalue weighted by molar-refractivity contribution is 0.0606. The molecular formula is C18H25N3O2. The molecule has 0 saturated carbocycles. The lowest BCUT2D eigenvalue weighted by Crippen LogP contribution is -2.48. The molecule has 0 radical (unpaired) electrons. The molecule has 5 nitrogen and oxygen atoms in total. The van der Waals surface area contributed by atoms with Crippen LogP contribution < -0.4 is 5.73 Å². The third-order valence-corrected chi connectivity index (χ3v) is 4.47. The van der Waals surface area contributed by atoms with E-state index in [4.69, 9.17) is 10.2 Å². The minimum absolute atomic E-state index is 0.00369. The lowest BCUT2D eigenvalue weighted by atomic mass is 10.2. The molecule has 2 aromatic rings. The van der Waals surface area contributed by atoms with Gasteiger partial charge in [-0.1, -0.05) is 24.6 Å². The van der Waals surface area contributed by atoms with Gasteiger partial charge >= 0.3 is 0 Å². The van der Waals surface area contributed by atoms with Crippen LogP contribution in [0.4, 0.5) is 0 Å². The second-order valence-electron chi connectivity index (χ2n) is 6.13. The minimum Gasteiger partial charge on any atom is -0.451 e. The van der Waals surface area contributed by atoms with Gasteiger partial charge in [-0.05, 0) is 38.1 Å². The third kappa shape index (κ3) is 3.92. The number of hydrogen-bond acceptors (Lipinski definition) is 4. The molecule has 0 aliphatic carbocycles. The maximum absolute atomic E-state index is 12.6. The van der Waals surface area contributed by atoms with Crippen LogP contribution in [0.5, 0.6) is 0 Å². The van der Waals surface area contributed by atoms with Crippen LogP contribution in [0.3, 0.4) is 0 Å². The molecule has 0 atom stereocenters. The van der Waals surface area contributed by atoms with Gasteiger partial charge in [-0.25, -0.2) is 0 Å². The molecule has 5 heteroatoms. The second kappa shape index (κ2) is 7.62. The summed E-state index contributed by atoms with van der Waals surface area (Å²) >= 11 is 0. The van der Waals surface area contributed by atoms with Gasteiger partial charge in [0.15, 0.2) is 5.76 Å². The number of carbonyl (C=O) groups excluding carboxylic acids is 1. The quantitative estimate of drug-likeness (QED) is 0.831. The fraction of sp³-hybridized carbons (Fsp3) is 0.500. The number of benzene rings is 1. The number of unbranched alkanes of at least 4 members (excludes halogenated alkanes) is 2. The SMILES string of the molecule is NCCCCCN1CCN(C(=O)c2cc3ccccc3o2)CC1. The van der Waals surface area contributed by atoms with E-state index in [0.29, 0.717) is 5.76 Å². The van der Waals surface area contributed by atoms with Crippen molar-refractivity contribution in [2.75, 3.05) is 39.3 Å². The van der Waals surface area contributed by atoms with Gasteiger partial charge < -0.3 is 15.1 Å². The van der Waals surface area contributed by atoms with Crippen LogP contribution in [0, 0.1) is 0 Å². The predicted octanol–water partition coefficient (Wildman–Crippen LogP) is 2.32. The van der Waals surface area contributed by atoms with Crippen molar-refractivity contribution in [1.82, 2.24) is 9.80 Å². The van der Waals surface area contributed by atoms with Gasteiger partial charge in [0.2, 0.25) is 0 Å². The molecule has 23 heavy (non-hydrogen) atoms. The molecule has 3 rings (SSSR count). The highest BCUT2D eigenvalue weighted by Gasteiger charge is 2.24. The number of carbonyl (C=O) groups is 1. The Kier molecular flexibility index (Phi) is 5.31. The number of hydrogen-bond donors (Lipinski definition) is 1. The van der Waals surface area contributed by atoms with Crippen molar-refractivity contribution in [3.63, 3.8) is 0 Å². The van der Waals surface area contributed by atoms with E-state index in [1.165, 1.54) is 12.8 Å². The molecule has 1 amide bonds. The third-order valence-electron chi connectivity index (χ3n) is 4.47. The minimum atomic E-state index is 0.00369. The van der Waals surface area contributed by atoms with E-state index in [2.05, 4.69) is 4.90 Å². The van der Waals surface area contributed by atoms with Crippen molar-refractivity contribution >= 4 is 16.9 Å². The van der Waals surface area contributed by atoms with Crippen LogP contribution in [0.25, 0.3) is 11.0 Å². The molecule has 1 aliphatic rings. The Labute approximate surface area is 137 Å². The molecule has 124 valence electrons. The molecule has 1 aromatic heterocycles. The number of nitrogens with two attached hydrogens (primary N) is 1. The molecule has 2 N–H and O–H groups in total. The molecule has 0 spiro atoms. The van der Waals surface area contributed by atoms with E-state index in [9.17, 15) is 4.79 Å². The molecule has 0 unspecified atom stereocenters. The Morgan fingerprint density at radius 2 is 1.87 bits per heavy atom. The Bertz CT molecular complexity index is 612. The van der Waals surface area contributed by atoms with E-state index < -0.39 is 0 Å². The van der Waals surface area contributed by atoms with Gasteiger partial charge in [-0.3, -0.25) is 9.69 Å². The standard InChI is InChI=1S/C18H25N3O2/c19-8-4-1-5-9-20-10-12-21(13-11-20)18(22)17-14-15-6-2-3-7-16(15)23-17/h2-3,6-7,14H,1,4-5,8-13,19H2. The highest BCUT2D eigenvalue weighted by atomic mass is 16.3. The number of rotatable bonds is 6. The van der Waals surface area contributed by atoms with E-state index in [0.717, 1.165) is 56.7 Å². The maximum atomic E-state index is 12.6. The van der Waals surface area contributed by atoms with Crippen molar-refractivity contribution in [3.05, 3.63) is 36.1 Å². The molecule has 1 aromatic carbocycles. The highest BCUT2D eigenvalue weighted by Crippen LogP contribution is 2.20. The van der Waals surface area contributed by atoms with E-state index in [-0.39, 0.29) is 5.91 Å². The Morgan fingerprint density at radius 3 is 2.61 bits per heavy atom. The van der Waals surface area contributed by atoms with Gasteiger partial charge in [-0.15, -0.1) is 0 Å². The van der Waals surface area contributed by atoms with Crippen LogP contribution in [0.15, 0.2) is 34.7 Å². The number of furan rings is 1. The van der Waals surface area contributed by atoms with Crippen LogP contribution in [0.2, 0.25) is 0 Å². The van der Waals surface area contributed by atoms with Crippen molar-refractivity contribution in [3.8, 4) is 0 Å². The second-order valence-corrected chi connectivity index (χ2v) is 6.13. The zero-order chi connectivity index (χ0) is 16.1. The normalized spacial score (nSPS) is 16.1. The van der Waals surface area contributed by atoms with E-state index >= 15 is 0 Å². The largest absolute Gasteiger partial charge is 0.451 e. The monoisotopic (exact) mass is 315 g/mol. The van der Waals surface area contributed by atoms with Gasteiger partial charge in [0.25, 0.3) is 5.91 Å². The number of nitrogens with zero attached hydrogens (tertiary/aromatic N) is 2. The van der Waals surface area contributed by atoms with Crippen LogP contribution >= 0.6 is 0 Å². The predicted molar refractivity (Wildman–Crippen MR) is 91.5 cm³/mol. The van der Waals surface area contributed by atoms with E-state index in [1.54, 1.807) is 0 Å². The van der Waals surface area contributed by atoms with E-state index in [1.807, 2.05) is 35.2 Å². The van der Waals surface area contributed by atoms with Crippen LogP contribution in [-0.4, -0.2) is 55.0 Å². The topological polar surface area (TPSA) is 62.7 Å². The number of para-hydroxylation sites is 1. The first-order chi connectivity index (χ1) is 11.3. The smallest absolute Gasteiger partial charge is 0.289 e. The summed E-state index contributed by atoms with van der Waals surface area (Å²) in [6.07, 6.45) is 3.48. The molecule has 1 aliphatic heterocycles. The summed E-state index contributed by atoms with van der Waals surface area (Å²) in [6, 6.07) is 9.58. The average molecular weight is 315 g/mol. The van der Waals surface area contributed by atoms with Crippen LogP contribution in [0.1, 0.15) is 29.8 Å². The van der Waals surface area contributed by atoms with Crippen molar-refractivity contribution in [1.29, 1.82) is 0 Å². The molecule has 2 heterocycles. The molecule has 1 saturated heterocycles. The Morgan fingerprint density at radius 1 is 1.09 bits per heavy atom. The summed E-state index contributed by atoms with van der Waals surface area (Å²) in [5.41, 5.74) is 6.29. The first kappa shape index (κ1) is 16.0. The van der Waals surface area contributed by atoms with Gasteiger partial charge in [0.1, 0.15) is 5.58 Å². The Hall–Kier alpha value is -1.85. The lowest BCUT2D eigenvalue weighted by Gasteiger charge is -2.34. The summed E-state index contributed by atoms with van der Waals surface area (Å²) in [7, 11) is 0. The van der Waals surface area contributed by atoms with Crippen LogP contribution in [-0.2, 0) is 0 Å². The summed E-state index contributed by atoms with van der Waals surface area (Å²) in [5, 5.41) is 0.981. The first-order valence-corrected chi connectivity index (χ1v) is 8.48. The maximum Gasteiger partial charge on any atom is 0.289 e. The summed E-state index contributed by atoms with van der Waals surface area (Å²) < 4.78 is 5.69.